The summed E-state index contributed by atoms with van der Waals surface area (Å²) in [6.45, 7) is 3.30. The number of hydrogen-bond donors (Lipinski definition) is 3. The fourth-order valence-corrected chi connectivity index (χ4v) is 5.03. The van der Waals surface area contributed by atoms with E-state index >= 15 is 0 Å². The number of amides is 3. The van der Waals surface area contributed by atoms with Gasteiger partial charge in [0.2, 0.25) is 15.9 Å². The zero-order chi connectivity index (χ0) is 22.3. The SMILES string of the molecule is C[C@H]1CCCN(S(=O)(=O)c2ccc(NC(=O)CCNC(=O)Nc3ccccc3)cc2)C1. The van der Waals surface area contributed by atoms with E-state index < -0.39 is 10.0 Å². The average molecular weight is 445 g/mol. The lowest BCUT2D eigenvalue weighted by atomic mass is 10.0. The fourth-order valence-electron chi connectivity index (χ4n) is 3.43. The van der Waals surface area contributed by atoms with Gasteiger partial charge in [0.25, 0.3) is 0 Å². The molecule has 1 aliphatic heterocycles. The van der Waals surface area contributed by atoms with Crippen LogP contribution in [-0.4, -0.2) is 44.3 Å². The van der Waals surface area contributed by atoms with Crippen LogP contribution in [-0.2, 0) is 14.8 Å². The highest BCUT2D eigenvalue weighted by Crippen LogP contribution is 2.24. The summed E-state index contributed by atoms with van der Waals surface area (Å²) in [6, 6.07) is 14.8. The molecule has 2 aromatic carbocycles. The van der Waals surface area contributed by atoms with Gasteiger partial charge in [0.15, 0.2) is 0 Å². The number of carbonyl (C=O) groups excluding carboxylic acids is 2. The Morgan fingerprint density at radius 2 is 1.68 bits per heavy atom. The van der Waals surface area contributed by atoms with Gasteiger partial charge in [-0.05, 0) is 55.2 Å². The van der Waals surface area contributed by atoms with Gasteiger partial charge in [-0.15, -0.1) is 0 Å². The van der Waals surface area contributed by atoms with Crippen LogP contribution >= 0.6 is 0 Å². The minimum absolute atomic E-state index is 0.0912. The topological polar surface area (TPSA) is 108 Å². The van der Waals surface area contributed by atoms with Crippen molar-refractivity contribution in [3.05, 3.63) is 54.6 Å². The molecule has 1 atom stereocenters. The van der Waals surface area contributed by atoms with E-state index in [-0.39, 0.29) is 29.8 Å². The number of nitrogens with zero attached hydrogens (tertiary/aromatic N) is 1. The standard InChI is InChI=1S/C22H28N4O4S/c1-17-6-5-15-26(16-17)31(29,30)20-11-9-19(10-12-20)24-21(27)13-14-23-22(28)25-18-7-3-2-4-8-18/h2-4,7-12,17H,5-6,13-16H2,1H3,(H,24,27)(H2,23,25,28)/t17-/m0/s1. The highest BCUT2D eigenvalue weighted by molar-refractivity contribution is 7.89. The van der Waals surface area contributed by atoms with E-state index in [1.807, 2.05) is 18.2 Å². The molecule has 166 valence electrons. The first-order valence-corrected chi connectivity index (χ1v) is 11.8. The number of anilines is 2. The third-order valence-corrected chi connectivity index (χ3v) is 6.94. The highest BCUT2D eigenvalue weighted by Gasteiger charge is 2.28. The molecule has 0 saturated carbocycles. The van der Waals surface area contributed by atoms with Crippen molar-refractivity contribution in [1.29, 1.82) is 0 Å². The van der Waals surface area contributed by atoms with Crippen LogP contribution in [0.5, 0.6) is 0 Å². The van der Waals surface area contributed by atoms with E-state index in [4.69, 9.17) is 0 Å². The molecule has 3 N–H and O–H groups in total. The van der Waals surface area contributed by atoms with Crippen LogP contribution in [0.3, 0.4) is 0 Å². The Bertz CT molecular complexity index is 994. The molecule has 3 rings (SSSR count). The minimum atomic E-state index is -3.52. The first-order chi connectivity index (χ1) is 14.8. The van der Waals surface area contributed by atoms with Crippen LogP contribution in [0.15, 0.2) is 59.5 Å². The zero-order valence-electron chi connectivity index (χ0n) is 17.5. The largest absolute Gasteiger partial charge is 0.337 e. The number of urea groups is 1. The summed E-state index contributed by atoms with van der Waals surface area (Å²) < 4.78 is 27.1. The zero-order valence-corrected chi connectivity index (χ0v) is 18.3. The van der Waals surface area contributed by atoms with Gasteiger partial charge in [0.1, 0.15) is 0 Å². The molecule has 0 spiro atoms. The Kier molecular flexibility index (Phi) is 7.64. The van der Waals surface area contributed by atoms with Gasteiger partial charge in [0.05, 0.1) is 4.90 Å². The Hall–Kier alpha value is -2.91. The minimum Gasteiger partial charge on any atom is -0.337 e. The quantitative estimate of drug-likeness (QED) is 0.609. The number of carbonyl (C=O) groups is 2. The van der Waals surface area contributed by atoms with Crippen LogP contribution in [0, 0.1) is 5.92 Å². The van der Waals surface area contributed by atoms with Gasteiger partial charge in [0, 0.05) is 37.4 Å². The molecule has 0 aliphatic carbocycles. The molecule has 1 aliphatic rings. The Balaban J connectivity index is 1.46. The normalized spacial score (nSPS) is 17.0. The lowest BCUT2D eigenvalue weighted by Crippen LogP contribution is -2.39. The van der Waals surface area contributed by atoms with Gasteiger partial charge >= 0.3 is 6.03 Å². The second kappa shape index (κ2) is 10.4. The van der Waals surface area contributed by atoms with Crippen molar-refractivity contribution < 1.29 is 18.0 Å². The molecule has 1 saturated heterocycles. The molecule has 3 amide bonds. The molecular formula is C22H28N4O4S. The smallest absolute Gasteiger partial charge is 0.319 e. The van der Waals surface area contributed by atoms with E-state index in [9.17, 15) is 18.0 Å². The van der Waals surface area contributed by atoms with Crippen LogP contribution < -0.4 is 16.0 Å². The van der Waals surface area contributed by atoms with Crippen molar-refractivity contribution in [2.75, 3.05) is 30.3 Å². The van der Waals surface area contributed by atoms with Crippen molar-refractivity contribution >= 4 is 33.3 Å². The fraction of sp³-hybridized carbons (Fsp3) is 0.364. The molecule has 0 radical (unpaired) electrons. The van der Waals surface area contributed by atoms with Crippen molar-refractivity contribution in [1.82, 2.24) is 9.62 Å². The average Bonchev–Trinajstić information content (AvgIpc) is 2.75. The van der Waals surface area contributed by atoms with E-state index in [1.54, 1.807) is 24.3 Å². The van der Waals surface area contributed by atoms with Gasteiger partial charge < -0.3 is 16.0 Å². The summed E-state index contributed by atoms with van der Waals surface area (Å²) in [5.41, 5.74) is 1.17. The molecule has 0 unspecified atom stereocenters. The summed E-state index contributed by atoms with van der Waals surface area (Å²) in [5, 5.41) is 8.01. The summed E-state index contributed by atoms with van der Waals surface area (Å²) in [6.07, 6.45) is 2.00. The summed E-state index contributed by atoms with van der Waals surface area (Å²) in [7, 11) is -3.52. The molecule has 9 heteroatoms. The second-order valence-electron chi connectivity index (χ2n) is 7.68. The van der Waals surface area contributed by atoms with E-state index in [2.05, 4.69) is 22.9 Å². The third-order valence-electron chi connectivity index (χ3n) is 5.06. The summed E-state index contributed by atoms with van der Waals surface area (Å²) in [5.74, 6) is 0.0749. The monoisotopic (exact) mass is 444 g/mol. The second-order valence-corrected chi connectivity index (χ2v) is 9.62. The number of benzene rings is 2. The van der Waals surface area contributed by atoms with Crippen LogP contribution in [0.4, 0.5) is 16.2 Å². The first-order valence-electron chi connectivity index (χ1n) is 10.3. The van der Waals surface area contributed by atoms with Crippen LogP contribution in [0.2, 0.25) is 0 Å². The van der Waals surface area contributed by atoms with Crippen molar-refractivity contribution in [3.63, 3.8) is 0 Å². The molecular weight excluding hydrogens is 416 g/mol. The Morgan fingerprint density at radius 3 is 2.35 bits per heavy atom. The number of piperidine rings is 1. The first kappa shape index (κ1) is 22.8. The maximum Gasteiger partial charge on any atom is 0.319 e. The van der Waals surface area contributed by atoms with Gasteiger partial charge in [-0.25, -0.2) is 13.2 Å². The van der Waals surface area contributed by atoms with E-state index in [1.165, 1.54) is 16.4 Å². The molecule has 0 bridgehead atoms. The van der Waals surface area contributed by atoms with E-state index in [0.717, 1.165) is 12.8 Å². The van der Waals surface area contributed by atoms with E-state index in [0.29, 0.717) is 30.4 Å². The molecule has 1 fully saturated rings. The van der Waals surface area contributed by atoms with Gasteiger partial charge in [-0.1, -0.05) is 25.1 Å². The predicted molar refractivity (Wildman–Crippen MR) is 120 cm³/mol. The molecule has 8 nitrogen and oxygen atoms in total. The number of hydrogen-bond acceptors (Lipinski definition) is 4. The Labute approximate surface area is 183 Å². The van der Waals surface area contributed by atoms with Crippen molar-refractivity contribution in [2.45, 2.75) is 31.1 Å². The molecule has 0 aromatic heterocycles. The highest BCUT2D eigenvalue weighted by atomic mass is 32.2. The third kappa shape index (κ3) is 6.53. The predicted octanol–water partition coefficient (Wildman–Crippen LogP) is 3.26. The number of sulfonamides is 1. The number of nitrogens with one attached hydrogen (secondary N) is 3. The van der Waals surface area contributed by atoms with Crippen molar-refractivity contribution in [3.8, 4) is 0 Å². The van der Waals surface area contributed by atoms with Crippen molar-refractivity contribution in [2.24, 2.45) is 5.92 Å². The van der Waals surface area contributed by atoms with Gasteiger partial charge in [-0.2, -0.15) is 4.31 Å². The number of rotatable bonds is 7. The summed E-state index contributed by atoms with van der Waals surface area (Å²) in [4.78, 5) is 24.1. The van der Waals surface area contributed by atoms with Crippen LogP contribution in [0.1, 0.15) is 26.2 Å². The lowest BCUT2D eigenvalue weighted by molar-refractivity contribution is -0.116. The maximum absolute atomic E-state index is 12.8. The maximum atomic E-state index is 12.8. The molecule has 31 heavy (non-hydrogen) atoms. The number of para-hydroxylation sites is 1. The van der Waals surface area contributed by atoms with Crippen LogP contribution in [0.25, 0.3) is 0 Å². The Morgan fingerprint density at radius 1 is 1.00 bits per heavy atom. The van der Waals surface area contributed by atoms with Gasteiger partial charge in [-0.3, -0.25) is 4.79 Å². The summed E-state index contributed by atoms with van der Waals surface area (Å²) >= 11 is 0. The molecule has 2 aromatic rings. The molecule has 1 heterocycles. The lowest BCUT2D eigenvalue weighted by Gasteiger charge is -2.30.